The molecule has 29 heavy (non-hydrogen) atoms. The van der Waals surface area contributed by atoms with Crippen LogP contribution in [0.4, 0.5) is 5.69 Å². The first-order valence-electron chi connectivity index (χ1n) is 9.98. The molecule has 1 aromatic heterocycles. The predicted molar refractivity (Wildman–Crippen MR) is 117 cm³/mol. The topological polar surface area (TPSA) is 66.2 Å². The summed E-state index contributed by atoms with van der Waals surface area (Å²) in [7, 11) is 0. The summed E-state index contributed by atoms with van der Waals surface area (Å²) >= 11 is 0. The summed E-state index contributed by atoms with van der Waals surface area (Å²) in [5.41, 5.74) is 8.27. The second-order valence-corrected chi connectivity index (χ2v) is 7.86. The Bertz CT molecular complexity index is 1190. The van der Waals surface area contributed by atoms with Gasteiger partial charge in [0.15, 0.2) is 5.78 Å². The van der Waals surface area contributed by atoms with Crippen molar-refractivity contribution in [1.82, 2.24) is 4.98 Å². The zero-order chi connectivity index (χ0) is 20.0. The number of benzene rings is 2. The summed E-state index contributed by atoms with van der Waals surface area (Å²) in [6.07, 6.45) is 5.82. The van der Waals surface area contributed by atoms with Crippen molar-refractivity contribution in [2.45, 2.75) is 26.2 Å². The normalized spacial score (nSPS) is 17.8. The number of fused-ring (bicyclic) bond motifs is 2. The van der Waals surface area contributed by atoms with E-state index in [9.17, 15) is 4.79 Å². The average molecular weight is 379 g/mol. The van der Waals surface area contributed by atoms with Gasteiger partial charge in [-0.15, -0.1) is 0 Å². The summed E-state index contributed by atoms with van der Waals surface area (Å²) in [5.74, 6) is 0.494. The maximum absolute atomic E-state index is 12.0. The molecular formula is C25H21N3O. The lowest BCUT2D eigenvalue weighted by atomic mass is 9.93. The highest BCUT2D eigenvalue weighted by Gasteiger charge is 2.21. The Balaban J connectivity index is 1.61. The Labute approximate surface area is 169 Å². The second-order valence-electron chi connectivity index (χ2n) is 7.86. The number of aliphatic imine (C=N–C) groups is 1. The molecule has 0 spiro atoms. The molecule has 2 aromatic carbocycles. The van der Waals surface area contributed by atoms with Crippen molar-refractivity contribution in [3.8, 4) is 22.4 Å². The van der Waals surface area contributed by atoms with Crippen molar-refractivity contribution in [1.29, 1.82) is 5.41 Å². The third-order valence-corrected chi connectivity index (χ3v) is 5.74. The molecule has 1 atom stereocenters. The van der Waals surface area contributed by atoms with Gasteiger partial charge in [-0.1, -0.05) is 31.2 Å². The fraction of sp³-hybridized carbons (Fsp3) is 0.200. The van der Waals surface area contributed by atoms with Gasteiger partial charge in [0.25, 0.3) is 0 Å². The number of nitrogens with zero attached hydrogens (tertiary/aromatic N) is 2. The Hall–Kier alpha value is -3.40. The van der Waals surface area contributed by atoms with E-state index in [1.54, 1.807) is 6.20 Å². The Morgan fingerprint density at radius 1 is 0.966 bits per heavy atom. The first-order valence-corrected chi connectivity index (χ1v) is 9.98. The first-order chi connectivity index (χ1) is 14.1. The second kappa shape index (κ2) is 6.89. The number of pyridine rings is 1. The van der Waals surface area contributed by atoms with Crippen LogP contribution in [0.3, 0.4) is 0 Å². The van der Waals surface area contributed by atoms with Gasteiger partial charge in [-0.2, -0.15) is 0 Å². The molecule has 2 aliphatic rings. The number of hydrogen-bond acceptors (Lipinski definition) is 4. The molecule has 3 aromatic rings. The number of aromatic nitrogens is 1. The van der Waals surface area contributed by atoms with E-state index in [4.69, 9.17) is 5.41 Å². The smallest absolute Gasteiger partial charge is 0.163 e. The van der Waals surface area contributed by atoms with Crippen LogP contribution in [-0.4, -0.2) is 22.7 Å². The third-order valence-electron chi connectivity index (χ3n) is 5.74. The number of aryl methyl sites for hydroxylation is 1. The molecular weight excluding hydrogens is 358 g/mol. The molecule has 4 nitrogen and oxygen atoms in total. The van der Waals surface area contributed by atoms with Gasteiger partial charge >= 0.3 is 0 Å². The number of carbonyl (C=O) groups excluding carboxylic acids is 1. The van der Waals surface area contributed by atoms with E-state index in [0.29, 0.717) is 18.6 Å². The highest BCUT2D eigenvalue weighted by atomic mass is 16.1. The number of Topliss-reactive ketones (excluding diaryl/α,β-unsaturated/α-hetero) is 1. The van der Waals surface area contributed by atoms with Crippen LogP contribution in [0.2, 0.25) is 0 Å². The highest BCUT2D eigenvalue weighted by Crippen LogP contribution is 2.36. The maximum Gasteiger partial charge on any atom is 0.163 e. The van der Waals surface area contributed by atoms with Crippen LogP contribution >= 0.6 is 0 Å². The third kappa shape index (κ3) is 3.11. The molecule has 0 amide bonds. The van der Waals surface area contributed by atoms with E-state index in [2.05, 4.69) is 41.2 Å². The van der Waals surface area contributed by atoms with E-state index in [0.717, 1.165) is 51.2 Å². The summed E-state index contributed by atoms with van der Waals surface area (Å²) in [6, 6.07) is 16.1. The molecule has 0 bridgehead atoms. The van der Waals surface area contributed by atoms with Gasteiger partial charge < -0.3 is 5.41 Å². The molecule has 1 aliphatic heterocycles. The zero-order valence-electron chi connectivity index (χ0n) is 16.3. The minimum absolute atomic E-state index is 0.229. The van der Waals surface area contributed by atoms with Gasteiger partial charge in [0, 0.05) is 46.8 Å². The molecule has 0 saturated heterocycles. The Morgan fingerprint density at radius 3 is 2.72 bits per heavy atom. The van der Waals surface area contributed by atoms with Gasteiger partial charge in [0.2, 0.25) is 0 Å². The lowest BCUT2D eigenvalue weighted by Gasteiger charge is -2.13. The first kappa shape index (κ1) is 17.7. The summed E-state index contributed by atoms with van der Waals surface area (Å²) < 4.78 is 0. The van der Waals surface area contributed by atoms with Crippen molar-refractivity contribution in [3.05, 3.63) is 71.4 Å². The molecule has 1 aliphatic carbocycles. The van der Waals surface area contributed by atoms with Crippen molar-refractivity contribution < 1.29 is 4.79 Å². The van der Waals surface area contributed by atoms with E-state index >= 15 is 0 Å². The number of ketones is 1. The number of carbonyl (C=O) groups is 1. The van der Waals surface area contributed by atoms with Gasteiger partial charge in [0.1, 0.15) is 0 Å². The summed E-state index contributed by atoms with van der Waals surface area (Å²) in [5, 5.41) is 8.49. The van der Waals surface area contributed by atoms with Crippen molar-refractivity contribution >= 4 is 23.4 Å². The molecule has 1 unspecified atom stereocenters. The summed E-state index contributed by atoms with van der Waals surface area (Å²) in [4.78, 5) is 21.2. The van der Waals surface area contributed by atoms with E-state index in [-0.39, 0.29) is 11.7 Å². The molecule has 142 valence electrons. The van der Waals surface area contributed by atoms with Crippen molar-refractivity contribution in [2.75, 3.05) is 0 Å². The van der Waals surface area contributed by atoms with Gasteiger partial charge in [-0.05, 0) is 54.2 Å². The standard InChI is InChI=1S/C25H21N3O/c1-15-11-22(26)21-13-17(5-8-23(21)28-14-15)20-3-2-10-27-25(20)18-4-7-19-16(12-18)6-9-24(19)29/h2-5,7-8,10,12-15,26H,6,9,11H2,1H3. The SMILES string of the molecule is CC1C=Nc2ccc(-c3cccnc3-c3ccc4c(c3)CCC4=O)cc2C(=N)C1. The largest absolute Gasteiger partial charge is 0.305 e. The van der Waals surface area contributed by atoms with Gasteiger partial charge in [-0.3, -0.25) is 14.8 Å². The quantitative estimate of drug-likeness (QED) is 0.625. The number of hydrogen-bond donors (Lipinski definition) is 1. The minimum Gasteiger partial charge on any atom is -0.305 e. The van der Waals surface area contributed by atoms with Crippen molar-refractivity contribution in [2.24, 2.45) is 10.9 Å². The van der Waals surface area contributed by atoms with Crippen LogP contribution < -0.4 is 0 Å². The zero-order valence-corrected chi connectivity index (χ0v) is 16.3. The van der Waals surface area contributed by atoms with E-state index in [1.807, 2.05) is 30.5 Å². The molecule has 0 radical (unpaired) electrons. The molecule has 0 saturated carbocycles. The molecule has 5 rings (SSSR count). The highest BCUT2D eigenvalue weighted by molar-refractivity contribution is 6.06. The van der Waals surface area contributed by atoms with E-state index in [1.165, 1.54) is 0 Å². The van der Waals surface area contributed by atoms with Gasteiger partial charge in [-0.25, -0.2) is 0 Å². The maximum atomic E-state index is 12.0. The van der Waals surface area contributed by atoms with Crippen LogP contribution in [-0.2, 0) is 6.42 Å². The molecule has 0 fully saturated rings. The fourth-order valence-corrected chi connectivity index (χ4v) is 4.22. The fourth-order valence-electron chi connectivity index (χ4n) is 4.22. The minimum atomic E-state index is 0.229. The van der Waals surface area contributed by atoms with Crippen LogP contribution in [0.15, 0.2) is 59.7 Å². The monoisotopic (exact) mass is 379 g/mol. The average Bonchev–Trinajstić information content (AvgIpc) is 3.05. The lowest BCUT2D eigenvalue weighted by molar-refractivity contribution is 0.0994. The number of rotatable bonds is 2. The Morgan fingerprint density at radius 2 is 1.83 bits per heavy atom. The van der Waals surface area contributed by atoms with Crippen LogP contribution in [0.5, 0.6) is 0 Å². The predicted octanol–water partition coefficient (Wildman–Crippen LogP) is 5.65. The lowest BCUT2D eigenvalue weighted by Crippen LogP contribution is -2.04. The molecule has 1 N–H and O–H groups in total. The van der Waals surface area contributed by atoms with Crippen LogP contribution in [0.1, 0.15) is 41.3 Å². The molecule has 4 heteroatoms. The van der Waals surface area contributed by atoms with Gasteiger partial charge in [0.05, 0.1) is 11.4 Å². The van der Waals surface area contributed by atoms with Crippen LogP contribution in [0, 0.1) is 11.3 Å². The van der Waals surface area contributed by atoms with Crippen molar-refractivity contribution in [3.63, 3.8) is 0 Å². The summed E-state index contributed by atoms with van der Waals surface area (Å²) in [6.45, 7) is 2.09. The number of nitrogens with one attached hydrogen (secondary N) is 1. The molecule has 2 heterocycles. The van der Waals surface area contributed by atoms with E-state index < -0.39 is 0 Å². The van der Waals surface area contributed by atoms with Crippen LogP contribution in [0.25, 0.3) is 22.4 Å². The Kier molecular flexibility index (Phi) is 4.20.